The highest BCUT2D eigenvalue weighted by Crippen LogP contribution is 2.52. The highest BCUT2D eigenvalue weighted by molar-refractivity contribution is 5.68. The van der Waals surface area contributed by atoms with Crippen molar-refractivity contribution < 1.29 is 14.3 Å². The number of amides is 1. The molecule has 1 spiro atoms. The van der Waals surface area contributed by atoms with Crippen molar-refractivity contribution in [2.45, 2.75) is 44.6 Å². The molecule has 1 saturated carbocycles. The van der Waals surface area contributed by atoms with Crippen LogP contribution in [0.5, 0.6) is 0 Å². The summed E-state index contributed by atoms with van der Waals surface area (Å²) in [4.78, 5) is 14.0. The zero-order valence-electron chi connectivity index (χ0n) is 10.3. The number of hydrogen-bond acceptors (Lipinski definition) is 3. The molecule has 0 radical (unpaired) electrons. The maximum atomic E-state index is 12.0. The summed E-state index contributed by atoms with van der Waals surface area (Å²) in [6.07, 6.45) is 6.73. The van der Waals surface area contributed by atoms with Crippen LogP contribution in [0.4, 0.5) is 4.79 Å². The summed E-state index contributed by atoms with van der Waals surface area (Å²) >= 11 is 0. The fourth-order valence-corrected chi connectivity index (χ4v) is 2.96. The Bertz CT molecular complexity index is 295. The van der Waals surface area contributed by atoms with Crippen LogP contribution in [0.3, 0.4) is 0 Å². The summed E-state index contributed by atoms with van der Waals surface area (Å²) in [7, 11) is 0. The quantitative estimate of drug-likeness (QED) is 0.704. The summed E-state index contributed by atoms with van der Waals surface area (Å²) in [6.45, 7) is 3.25. The van der Waals surface area contributed by atoms with E-state index in [-0.39, 0.29) is 12.2 Å². The summed E-state index contributed by atoms with van der Waals surface area (Å²) in [5.41, 5.74) is 0.479. The lowest BCUT2D eigenvalue weighted by atomic mass is 9.95. The van der Waals surface area contributed by atoms with E-state index in [1.54, 1.807) is 0 Å². The van der Waals surface area contributed by atoms with Crippen LogP contribution in [0.25, 0.3) is 0 Å². The average molecular weight is 239 g/mol. The standard InChI is InChI=1S/C13H21NO3/c15-12(17-11-2-8-16-9-3-11)14-7-1-4-13(10-14)5-6-13/h11H,1-10H2. The van der Waals surface area contributed by atoms with E-state index in [2.05, 4.69) is 0 Å². The second kappa shape index (κ2) is 4.48. The molecular formula is C13H21NO3. The molecule has 96 valence electrons. The lowest BCUT2D eigenvalue weighted by Crippen LogP contribution is -2.43. The van der Waals surface area contributed by atoms with Gasteiger partial charge in [-0.15, -0.1) is 0 Å². The van der Waals surface area contributed by atoms with Crippen molar-refractivity contribution in [2.24, 2.45) is 5.41 Å². The summed E-state index contributed by atoms with van der Waals surface area (Å²) < 4.78 is 10.8. The van der Waals surface area contributed by atoms with Crippen molar-refractivity contribution in [2.75, 3.05) is 26.3 Å². The van der Waals surface area contributed by atoms with Gasteiger partial charge in [0.05, 0.1) is 13.2 Å². The molecule has 4 nitrogen and oxygen atoms in total. The van der Waals surface area contributed by atoms with E-state index in [1.165, 1.54) is 19.3 Å². The number of nitrogens with zero attached hydrogens (tertiary/aromatic N) is 1. The lowest BCUT2D eigenvalue weighted by molar-refractivity contribution is -0.0146. The second-order valence-electron chi connectivity index (χ2n) is 5.72. The number of rotatable bonds is 1. The number of piperidine rings is 1. The van der Waals surface area contributed by atoms with Gasteiger partial charge in [0.15, 0.2) is 0 Å². The number of hydrogen-bond donors (Lipinski definition) is 0. The van der Waals surface area contributed by atoms with Crippen LogP contribution in [0.1, 0.15) is 38.5 Å². The van der Waals surface area contributed by atoms with Gasteiger partial charge in [-0.05, 0) is 31.1 Å². The first-order valence-electron chi connectivity index (χ1n) is 6.81. The Hall–Kier alpha value is -0.770. The molecular weight excluding hydrogens is 218 g/mol. The molecule has 2 heterocycles. The molecule has 0 aromatic carbocycles. The Labute approximate surface area is 102 Å². The zero-order chi connectivity index (χ0) is 11.7. The Morgan fingerprint density at radius 1 is 1.24 bits per heavy atom. The molecule has 0 N–H and O–H groups in total. The van der Waals surface area contributed by atoms with Crippen LogP contribution in [0.2, 0.25) is 0 Å². The summed E-state index contributed by atoms with van der Waals surface area (Å²) in [5.74, 6) is 0. The number of likely N-dealkylation sites (tertiary alicyclic amines) is 1. The van der Waals surface area contributed by atoms with Crippen molar-refractivity contribution in [1.29, 1.82) is 0 Å². The predicted molar refractivity (Wildman–Crippen MR) is 62.8 cm³/mol. The van der Waals surface area contributed by atoms with Gasteiger partial charge in [-0.2, -0.15) is 0 Å². The average Bonchev–Trinajstić information content (AvgIpc) is 3.10. The first-order chi connectivity index (χ1) is 8.27. The number of carbonyl (C=O) groups is 1. The van der Waals surface area contributed by atoms with Crippen LogP contribution >= 0.6 is 0 Å². The minimum Gasteiger partial charge on any atom is -0.446 e. The van der Waals surface area contributed by atoms with E-state index in [4.69, 9.17) is 9.47 Å². The third kappa shape index (κ3) is 2.57. The van der Waals surface area contributed by atoms with E-state index in [0.717, 1.165) is 45.6 Å². The Kier molecular flexibility index (Phi) is 2.99. The van der Waals surface area contributed by atoms with Crippen molar-refractivity contribution in [3.05, 3.63) is 0 Å². The zero-order valence-corrected chi connectivity index (χ0v) is 10.3. The highest BCUT2D eigenvalue weighted by atomic mass is 16.6. The third-order valence-electron chi connectivity index (χ3n) is 4.31. The van der Waals surface area contributed by atoms with Gasteiger partial charge in [-0.1, -0.05) is 0 Å². The number of ether oxygens (including phenoxy) is 2. The Morgan fingerprint density at radius 2 is 2.00 bits per heavy atom. The predicted octanol–water partition coefficient (Wildman–Crippen LogP) is 2.18. The molecule has 1 amide bonds. The monoisotopic (exact) mass is 239 g/mol. The Morgan fingerprint density at radius 3 is 2.71 bits per heavy atom. The van der Waals surface area contributed by atoms with Crippen LogP contribution < -0.4 is 0 Å². The Balaban J connectivity index is 1.51. The second-order valence-corrected chi connectivity index (χ2v) is 5.72. The van der Waals surface area contributed by atoms with Gasteiger partial charge >= 0.3 is 6.09 Å². The van der Waals surface area contributed by atoms with E-state index in [0.29, 0.717) is 5.41 Å². The minimum atomic E-state index is -0.0946. The molecule has 17 heavy (non-hydrogen) atoms. The van der Waals surface area contributed by atoms with E-state index >= 15 is 0 Å². The fourth-order valence-electron chi connectivity index (χ4n) is 2.96. The first kappa shape index (κ1) is 11.3. The van der Waals surface area contributed by atoms with Crippen molar-refractivity contribution >= 4 is 6.09 Å². The van der Waals surface area contributed by atoms with Crippen molar-refractivity contribution in [3.8, 4) is 0 Å². The smallest absolute Gasteiger partial charge is 0.410 e. The molecule has 3 aliphatic rings. The van der Waals surface area contributed by atoms with Crippen LogP contribution in [-0.2, 0) is 9.47 Å². The molecule has 0 unspecified atom stereocenters. The van der Waals surface area contributed by atoms with Crippen LogP contribution in [0, 0.1) is 5.41 Å². The van der Waals surface area contributed by atoms with Gasteiger partial charge in [0.25, 0.3) is 0 Å². The van der Waals surface area contributed by atoms with Crippen molar-refractivity contribution in [1.82, 2.24) is 4.90 Å². The maximum Gasteiger partial charge on any atom is 0.410 e. The highest BCUT2D eigenvalue weighted by Gasteiger charge is 2.46. The third-order valence-corrected chi connectivity index (χ3v) is 4.31. The molecule has 0 bridgehead atoms. The molecule has 2 saturated heterocycles. The van der Waals surface area contributed by atoms with Crippen LogP contribution in [0.15, 0.2) is 0 Å². The normalized spacial score (nSPS) is 28.1. The summed E-state index contributed by atoms with van der Waals surface area (Å²) in [6, 6.07) is 0. The van der Waals surface area contributed by atoms with Gasteiger partial charge in [0.1, 0.15) is 6.10 Å². The van der Waals surface area contributed by atoms with Gasteiger partial charge in [-0.25, -0.2) is 4.79 Å². The number of carbonyl (C=O) groups excluding carboxylic acids is 1. The lowest BCUT2D eigenvalue weighted by Gasteiger charge is -2.33. The maximum absolute atomic E-state index is 12.0. The van der Waals surface area contributed by atoms with E-state index < -0.39 is 0 Å². The first-order valence-corrected chi connectivity index (χ1v) is 6.81. The van der Waals surface area contributed by atoms with Crippen LogP contribution in [-0.4, -0.2) is 43.4 Å². The van der Waals surface area contributed by atoms with Gasteiger partial charge in [-0.3, -0.25) is 0 Å². The minimum absolute atomic E-state index is 0.0772. The largest absolute Gasteiger partial charge is 0.446 e. The molecule has 0 atom stereocenters. The topological polar surface area (TPSA) is 38.8 Å². The van der Waals surface area contributed by atoms with Gasteiger partial charge < -0.3 is 14.4 Å². The fraction of sp³-hybridized carbons (Fsp3) is 0.923. The molecule has 2 aliphatic heterocycles. The molecule has 0 aromatic rings. The summed E-state index contributed by atoms with van der Waals surface area (Å²) in [5, 5.41) is 0. The van der Waals surface area contributed by atoms with Crippen molar-refractivity contribution in [3.63, 3.8) is 0 Å². The van der Waals surface area contributed by atoms with E-state index in [1.807, 2.05) is 4.90 Å². The molecule has 4 heteroatoms. The van der Waals surface area contributed by atoms with Gasteiger partial charge in [0, 0.05) is 25.9 Å². The van der Waals surface area contributed by atoms with Gasteiger partial charge in [0.2, 0.25) is 0 Å². The molecule has 3 fully saturated rings. The molecule has 3 rings (SSSR count). The van der Waals surface area contributed by atoms with E-state index in [9.17, 15) is 4.79 Å². The SMILES string of the molecule is O=C(OC1CCOCC1)N1CCCC2(CC2)C1. The molecule has 1 aliphatic carbocycles. The molecule has 0 aromatic heterocycles.